The van der Waals surface area contributed by atoms with Crippen LogP contribution < -0.4 is 0 Å². The molecule has 6 nitrogen and oxygen atoms in total. The van der Waals surface area contributed by atoms with Gasteiger partial charge < -0.3 is 4.90 Å². The van der Waals surface area contributed by atoms with Crippen molar-refractivity contribution in [2.45, 2.75) is 12.6 Å². The number of carbonyl (C=O) groups is 1. The first-order valence-corrected chi connectivity index (χ1v) is 11.3. The number of amides is 1. The molecular weight excluding hydrogens is 494 g/mol. The molecule has 4 aromatic heterocycles. The predicted octanol–water partition coefficient (Wildman–Crippen LogP) is 5.59. The number of hydrogen-bond donors (Lipinski definition) is 0. The van der Waals surface area contributed by atoms with Gasteiger partial charge in [-0.1, -0.05) is 17.7 Å². The molecule has 0 fully saturated rings. The zero-order valence-electron chi connectivity index (χ0n) is 17.2. The maximum absolute atomic E-state index is 14.0. The molecule has 0 atom stereocenters. The maximum atomic E-state index is 14.0. The summed E-state index contributed by atoms with van der Waals surface area (Å²) in [6.07, 6.45) is 1.61. The van der Waals surface area contributed by atoms with Crippen LogP contribution in [0.25, 0.3) is 21.7 Å². The lowest BCUT2D eigenvalue weighted by atomic mass is 10.0. The molecule has 0 saturated heterocycles. The van der Waals surface area contributed by atoms with Crippen molar-refractivity contribution in [1.29, 1.82) is 0 Å². The van der Waals surface area contributed by atoms with Crippen molar-refractivity contribution in [1.82, 2.24) is 24.3 Å². The minimum Gasteiger partial charge on any atom is -0.333 e. The maximum Gasteiger partial charge on any atom is 0.420 e. The van der Waals surface area contributed by atoms with Crippen LogP contribution in [-0.4, -0.2) is 43.2 Å². The molecule has 4 aromatic rings. The Morgan fingerprint density at radius 3 is 2.74 bits per heavy atom. The van der Waals surface area contributed by atoms with E-state index < -0.39 is 29.1 Å². The Balaban J connectivity index is 1.51. The lowest BCUT2D eigenvalue weighted by Gasteiger charge is -2.25. The van der Waals surface area contributed by atoms with Gasteiger partial charge in [0, 0.05) is 37.2 Å². The number of carbonyl (C=O) groups excluding carboxylic acids is 1. The molecule has 34 heavy (non-hydrogen) atoms. The van der Waals surface area contributed by atoms with Crippen LogP contribution in [0.3, 0.4) is 0 Å². The summed E-state index contributed by atoms with van der Waals surface area (Å²) in [5.74, 6) is -1.08. The Morgan fingerprint density at radius 1 is 1.26 bits per heavy atom. The van der Waals surface area contributed by atoms with Crippen LogP contribution in [0, 0.1) is 5.82 Å². The first kappa shape index (κ1) is 22.5. The van der Waals surface area contributed by atoms with E-state index in [1.807, 2.05) is 0 Å². The Hall–Kier alpha value is -3.31. The van der Waals surface area contributed by atoms with Crippen LogP contribution in [-0.2, 0) is 6.18 Å². The van der Waals surface area contributed by atoms with E-state index in [1.165, 1.54) is 52.5 Å². The molecule has 5 heterocycles. The number of thiazole rings is 1. The highest BCUT2D eigenvalue weighted by atomic mass is 35.5. The number of nitrogens with zero attached hydrogens (tertiary/aromatic N) is 5. The Bertz CT molecular complexity index is 1430. The summed E-state index contributed by atoms with van der Waals surface area (Å²) in [4.78, 5) is 27.0. The van der Waals surface area contributed by atoms with Crippen molar-refractivity contribution in [3.05, 3.63) is 76.3 Å². The third kappa shape index (κ3) is 3.94. The van der Waals surface area contributed by atoms with E-state index in [4.69, 9.17) is 11.6 Å². The fraction of sp³-hybridized carbons (Fsp3) is 0.182. The summed E-state index contributed by atoms with van der Waals surface area (Å²) < 4.78 is 56.6. The van der Waals surface area contributed by atoms with Gasteiger partial charge in [-0.3, -0.25) is 19.2 Å². The highest BCUT2D eigenvalue weighted by Crippen LogP contribution is 2.38. The molecule has 0 unspecified atom stereocenters. The quantitative estimate of drug-likeness (QED) is 0.339. The van der Waals surface area contributed by atoms with Gasteiger partial charge in [-0.25, -0.2) is 9.37 Å². The summed E-state index contributed by atoms with van der Waals surface area (Å²) in [7, 11) is 0. The summed E-state index contributed by atoms with van der Waals surface area (Å²) in [6, 6.07) is 3.76. The van der Waals surface area contributed by atoms with Gasteiger partial charge in [0.25, 0.3) is 5.91 Å². The zero-order chi connectivity index (χ0) is 24.0. The third-order valence-electron chi connectivity index (χ3n) is 5.45. The van der Waals surface area contributed by atoms with Crippen LogP contribution in [0.2, 0.25) is 5.15 Å². The molecule has 5 rings (SSSR count). The second kappa shape index (κ2) is 8.48. The standard InChI is InChI=1S/C22H14ClF4N5OS/c23-19-18(21(33)31-6-3-12(4-7-31)17-15(24)2-1-5-29-17)30-20-14(22(25,26)27)8-13(10-32(19)20)16-9-28-11-34-16/h1-3,5,8-11H,4,6-7H2. The van der Waals surface area contributed by atoms with Crippen molar-refractivity contribution in [2.75, 3.05) is 13.1 Å². The van der Waals surface area contributed by atoms with E-state index in [9.17, 15) is 22.4 Å². The van der Waals surface area contributed by atoms with Gasteiger partial charge in [-0.15, -0.1) is 11.3 Å². The van der Waals surface area contributed by atoms with E-state index >= 15 is 0 Å². The van der Waals surface area contributed by atoms with E-state index in [0.29, 0.717) is 16.9 Å². The number of fused-ring (bicyclic) bond motifs is 1. The van der Waals surface area contributed by atoms with Gasteiger partial charge >= 0.3 is 6.18 Å². The normalized spacial score (nSPS) is 14.5. The summed E-state index contributed by atoms with van der Waals surface area (Å²) in [6.45, 7) is 0.329. The Labute approximate surface area is 199 Å². The second-order valence-electron chi connectivity index (χ2n) is 7.52. The van der Waals surface area contributed by atoms with E-state index in [-0.39, 0.29) is 35.2 Å². The molecule has 0 aromatic carbocycles. The van der Waals surface area contributed by atoms with Crippen LogP contribution in [0.15, 0.2) is 48.4 Å². The molecule has 0 radical (unpaired) electrons. The molecule has 0 saturated carbocycles. The number of pyridine rings is 2. The molecule has 1 aliphatic rings. The highest BCUT2D eigenvalue weighted by molar-refractivity contribution is 7.13. The number of hydrogen-bond acceptors (Lipinski definition) is 5. The topological polar surface area (TPSA) is 63.4 Å². The average Bonchev–Trinajstić information content (AvgIpc) is 3.47. The van der Waals surface area contributed by atoms with Crippen molar-refractivity contribution in [2.24, 2.45) is 0 Å². The van der Waals surface area contributed by atoms with Gasteiger partial charge in [0.1, 0.15) is 16.7 Å². The number of imidazole rings is 1. The fourth-order valence-electron chi connectivity index (χ4n) is 3.80. The second-order valence-corrected chi connectivity index (χ2v) is 8.76. The SMILES string of the molecule is O=C(c1nc2c(C(F)(F)F)cc(-c3cncs3)cn2c1Cl)N1CC=C(c2ncccc2F)CC1. The van der Waals surface area contributed by atoms with Gasteiger partial charge in [0.05, 0.1) is 16.0 Å². The molecular formula is C22H14ClF4N5OS. The number of aromatic nitrogens is 4. The van der Waals surface area contributed by atoms with Crippen molar-refractivity contribution < 1.29 is 22.4 Å². The van der Waals surface area contributed by atoms with Crippen LogP contribution in [0.1, 0.15) is 28.2 Å². The Morgan fingerprint density at radius 2 is 2.09 bits per heavy atom. The van der Waals surface area contributed by atoms with E-state index in [0.717, 1.165) is 10.5 Å². The summed E-state index contributed by atoms with van der Waals surface area (Å²) in [5, 5.41) is -0.220. The summed E-state index contributed by atoms with van der Waals surface area (Å²) >= 11 is 7.55. The number of alkyl halides is 3. The van der Waals surface area contributed by atoms with E-state index in [2.05, 4.69) is 15.0 Å². The van der Waals surface area contributed by atoms with E-state index in [1.54, 1.807) is 6.08 Å². The largest absolute Gasteiger partial charge is 0.420 e. The fourth-order valence-corrected chi connectivity index (χ4v) is 4.65. The first-order valence-electron chi connectivity index (χ1n) is 10.0. The number of rotatable bonds is 3. The first-order chi connectivity index (χ1) is 16.2. The zero-order valence-corrected chi connectivity index (χ0v) is 18.8. The van der Waals surface area contributed by atoms with Gasteiger partial charge in [0.2, 0.25) is 0 Å². The van der Waals surface area contributed by atoms with Crippen molar-refractivity contribution >= 4 is 40.1 Å². The minimum atomic E-state index is -4.72. The molecule has 174 valence electrons. The van der Waals surface area contributed by atoms with Gasteiger partial charge in [-0.05, 0) is 30.2 Å². The molecule has 0 N–H and O–H groups in total. The molecule has 0 spiro atoms. The minimum absolute atomic E-state index is 0.118. The van der Waals surface area contributed by atoms with Gasteiger partial charge in [-0.2, -0.15) is 13.2 Å². The van der Waals surface area contributed by atoms with Crippen molar-refractivity contribution in [3.8, 4) is 10.4 Å². The highest BCUT2D eigenvalue weighted by Gasteiger charge is 2.36. The molecule has 0 bridgehead atoms. The number of halogens is 5. The molecule has 0 aliphatic carbocycles. The van der Waals surface area contributed by atoms with Crippen LogP contribution in [0.5, 0.6) is 0 Å². The monoisotopic (exact) mass is 507 g/mol. The third-order valence-corrected chi connectivity index (χ3v) is 6.63. The van der Waals surface area contributed by atoms with Crippen molar-refractivity contribution in [3.63, 3.8) is 0 Å². The molecule has 1 aliphatic heterocycles. The molecule has 12 heteroatoms. The smallest absolute Gasteiger partial charge is 0.333 e. The average molecular weight is 508 g/mol. The van der Waals surface area contributed by atoms with Crippen LogP contribution in [0.4, 0.5) is 17.6 Å². The lowest BCUT2D eigenvalue weighted by Crippen LogP contribution is -2.35. The van der Waals surface area contributed by atoms with Gasteiger partial charge in [0.15, 0.2) is 11.3 Å². The molecule has 1 amide bonds. The predicted molar refractivity (Wildman–Crippen MR) is 119 cm³/mol. The summed E-state index contributed by atoms with van der Waals surface area (Å²) in [5.41, 5.74) is 0.871. The lowest BCUT2D eigenvalue weighted by molar-refractivity contribution is -0.136. The Kier molecular flexibility index (Phi) is 5.61. The van der Waals surface area contributed by atoms with Crippen LogP contribution >= 0.6 is 22.9 Å².